The van der Waals surface area contributed by atoms with E-state index in [0.29, 0.717) is 31.5 Å². The van der Waals surface area contributed by atoms with Crippen molar-refractivity contribution >= 4 is 6.03 Å². The van der Waals surface area contributed by atoms with Gasteiger partial charge in [-0.1, -0.05) is 6.07 Å². The van der Waals surface area contributed by atoms with Gasteiger partial charge in [0, 0.05) is 33.0 Å². The Kier molecular flexibility index (Phi) is 4.71. The highest BCUT2D eigenvalue weighted by Gasteiger charge is 2.49. The van der Waals surface area contributed by atoms with E-state index in [1.54, 1.807) is 25.2 Å². The molecule has 6 heteroatoms. The molecular formula is C17H25N3O3. The van der Waals surface area contributed by atoms with Crippen LogP contribution in [0.25, 0.3) is 0 Å². The number of pyridine rings is 1. The molecule has 1 aromatic heterocycles. The van der Waals surface area contributed by atoms with E-state index in [-0.39, 0.29) is 11.6 Å². The summed E-state index contributed by atoms with van der Waals surface area (Å²) in [6, 6.07) is 5.75. The van der Waals surface area contributed by atoms with Crippen LogP contribution in [0.5, 0.6) is 5.88 Å². The van der Waals surface area contributed by atoms with E-state index in [1.807, 2.05) is 23.1 Å². The molecular weight excluding hydrogens is 294 g/mol. The fourth-order valence-electron chi connectivity index (χ4n) is 3.43. The van der Waals surface area contributed by atoms with E-state index >= 15 is 0 Å². The maximum atomic E-state index is 11.9. The maximum absolute atomic E-state index is 11.9. The third kappa shape index (κ3) is 3.75. The van der Waals surface area contributed by atoms with Crippen LogP contribution in [0.2, 0.25) is 0 Å². The van der Waals surface area contributed by atoms with Crippen LogP contribution in [0.15, 0.2) is 24.4 Å². The minimum absolute atomic E-state index is 0.0693. The van der Waals surface area contributed by atoms with Gasteiger partial charge in [0.15, 0.2) is 0 Å². The molecule has 0 saturated carbocycles. The van der Waals surface area contributed by atoms with E-state index in [0.717, 1.165) is 25.9 Å². The molecule has 23 heavy (non-hydrogen) atoms. The molecule has 0 bridgehead atoms. The van der Waals surface area contributed by atoms with Crippen molar-refractivity contribution in [1.29, 1.82) is 0 Å². The first-order chi connectivity index (χ1) is 11.1. The Labute approximate surface area is 137 Å². The largest absolute Gasteiger partial charge is 0.478 e. The minimum Gasteiger partial charge on any atom is -0.478 e. The van der Waals surface area contributed by atoms with Gasteiger partial charge < -0.3 is 19.3 Å². The average molecular weight is 319 g/mol. The Morgan fingerprint density at radius 3 is 3.00 bits per heavy atom. The van der Waals surface area contributed by atoms with Gasteiger partial charge in [-0.05, 0) is 31.2 Å². The SMILES string of the molecule is CN(C)C(=O)N1CC2(C[C@@H](CCOc3ccccn3)CCO2)C1. The van der Waals surface area contributed by atoms with Gasteiger partial charge >= 0.3 is 6.03 Å². The number of hydrogen-bond acceptors (Lipinski definition) is 4. The number of likely N-dealkylation sites (tertiary alicyclic amines) is 1. The monoisotopic (exact) mass is 319 g/mol. The summed E-state index contributed by atoms with van der Waals surface area (Å²) in [4.78, 5) is 19.6. The molecule has 2 amide bonds. The van der Waals surface area contributed by atoms with Crippen LogP contribution in [0, 0.1) is 5.92 Å². The van der Waals surface area contributed by atoms with Gasteiger partial charge in [0.1, 0.15) is 5.60 Å². The second kappa shape index (κ2) is 6.74. The predicted octanol–water partition coefficient (Wildman–Crippen LogP) is 2.01. The van der Waals surface area contributed by atoms with Gasteiger partial charge in [-0.25, -0.2) is 9.78 Å². The summed E-state index contributed by atoms with van der Waals surface area (Å²) in [5.74, 6) is 1.27. The van der Waals surface area contributed by atoms with Crippen molar-refractivity contribution in [3.8, 4) is 5.88 Å². The molecule has 1 aromatic rings. The first kappa shape index (κ1) is 16.1. The standard InChI is InChI=1S/C17H25N3O3/c1-19(2)16(21)20-12-17(13-20)11-14(7-10-23-17)6-9-22-15-5-3-4-8-18-15/h3-5,8,14H,6-7,9-13H2,1-2H3/t14-/m0/s1. The van der Waals surface area contributed by atoms with Crippen LogP contribution < -0.4 is 4.74 Å². The van der Waals surface area contributed by atoms with E-state index in [2.05, 4.69) is 4.98 Å². The summed E-state index contributed by atoms with van der Waals surface area (Å²) < 4.78 is 11.7. The van der Waals surface area contributed by atoms with Gasteiger partial charge in [0.05, 0.1) is 19.7 Å². The predicted molar refractivity (Wildman–Crippen MR) is 86.4 cm³/mol. The van der Waals surface area contributed by atoms with Crippen molar-refractivity contribution in [1.82, 2.24) is 14.8 Å². The molecule has 2 aliphatic rings. The van der Waals surface area contributed by atoms with Crippen LogP contribution in [0.3, 0.4) is 0 Å². The molecule has 0 unspecified atom stereocenters. The number of carbonyl (C=O) groups excluding carboxylic acids is 1. The normalized spacial score (nSPS) is 22.5. The number of aromatic nitrogens is 1. The Morgan fingerprint density at radius 1 is 1.48 bits per heavy atom. The van der Waals surface area contributed by atoms with E-state index in [1.165, 1.54) is 0 Å². The molecule has 0 N–H and O–H groups in total. The Hall–Kier alpha value is -1.82. The topological polar surface area (TPSA) is 54.9 Å². The summed E-state index contributed by atoms with van der Waals surface area (Å²) in [6.45, 7) is 2.87. The zero-order chi connectivity index (χ0) is 16.3. The van der Waals surface area contributed by atoms with Gasteiger partial charge in [-0.15, -0.1) is 0 Å². The number of carbonyl (C=O) groups is 1. The van der Waals surface area contributed by atoms with Crippen molar-refractivity contribution in [2.75, 3.05) is 40.4 Å². The molecule has 2 saturated heterocycles. The maximum Gasteiger partial charge on any atom is 0.319 e. The lowest BCUT2D eigenvalue weighted by atomic mass is 9.79. The first-order valence-electron chi connectivity index (χ1n) is 8.22. The molecule has 6 nitrogen and oxygen atoms in total. The van der Waals surface area contributed by atoms with E-state index in [9.17, 15) is 4.79 Å². The van der Waals surface area contributed by atoms with Crippen molar-refractivity contribution in [2.45, 2.75) is 24.9 Å². The Morgan fingerprint density at radius 2 is 2.30 bits per heavy atom. The van der Waals surface area contributed by atoms with Crippen LogP contribution in [-0.2, 0) is 4.74 Å². The van der Waals surface area contributed by atoms with Gasteiger partial charge in [-0.2, -0.15) is 0 Å². The molecule has 3 rings (SSSR count). The van der Waals surface area contributed by atoms with Crippen molar-refractivity contribution < 1.29 is 14.3 Å². The van der Waals surface area contributed by atoms with Gasteiger partial charge in [0.25, 0.3) is 0 Å². The van der Waals surface area contributed by atoms with Crippen LogP contribution >= 0.6 is 0 Å². The third-order valence-corrected chi connectivity index (χ3v) is 4.62. The molecule has 0 radical (unpaired) electrons. The summed E-state index contributed by atoms with van der Waals surface area (Å²) in [7, 11) is 3.57. The smallest absolute Gasteiger partial charge is 0.319 e. The molecule has 126 valence electrons. The fourth-order valence-corrected chi connectivity index (χ4v) is 3.43. The highest BCUT2D eigenvalue weighted by molar-refractivity contribution is 5.75. The first-order valence-corrected chi connectivity index (χ1v) is 8.22. The molecule has 3 heterocycles. The number of nitrogens with zero attached hydrogens (tertiary/aromatic N) is 3. The zero-order valence-corrected chi connectivity index (χ0v) is 13.9. The molecule has 1 spiro atoms. The van der Waals surface area contributed by atoms with Crippen molar-refractivity contribution in [2.24, 2.45) is 5.92 Å². The van der Waals surface area contributed by atoms with E-state index in [4.69, 9.17) is 9.47 Å². The highest BCUT2D eigenvalue weighted by atomic mass is 16.5. The van der Waals surface area contributed by atoms with E-state index < -0.39 is 0 Å². The summed E-state index contributed by atoms with van der Waals surface area (Å²) >= 11 is 0. The van der Waals surface area contributed by atoms with Crippen LogP contribution in [-0.4, -0.2) is 66.8 Å². The summed E-state index contributed by atoms with van der Waals surface area (Å²) in [6.07, 6.45) is 4.82. The number of amides is 2. The average Bonchev–Trinajstić information content (AvgIpc) is 2.53. The number of urea groups is 1. The third-order valence-electron chi connectivity index (χ3n) is 4.62. The lowest BCUT2D eigenvalue weighted by Gasteiger charge is -2.53. The number of ether oxygens (including phenoxy) is 2. The van der Waals surface area contributed by atoms with Crippen LogP contribution in [0.4, 0.5) is 4.79 Å². The van der Waals surface area contributed by atoms with Gasteiger partial charge in [0.2, 0.25) is 5.88 Å². The molecule has 2 aliphatic heterocycles. The lowest BCUT2D eigenvalue weighted by Crippen LogP contribution is -2.67. The minimum atomic E-state index is -0.125. The number of rotatable bonds is 4. The molecule has 0 aliphatic carbocycles. The number of hydrogen-bond donors (Lipinski definition) is 0. The molecule has 2 fully saturated rings. The zero-order valence-electron chi connectivity index (χ0n) is 13.9. The summed E-state index contributed by atoms with van der Waals surface area (Å²) in [5, 5.41) is 0. The quantitative estimate of drug-likeness (QED) is 0.852. The second-order valence-electron chi connectivity index (χ2n) is 6.73. The second-order valence-corrected chi connectivity index (χ2v) is 6.73. The van der Waals surface area contributed by atoms with Gasteiger partial charge in [-0.3, -0.25) is 0 Å². The van der Waals surface area contributed by atoms with Crippen molar-refractivity contribution in [3.63, 3.8) is 0 Å². The lowest BCUT2D eigenvalue weighted by molar-refractivity contribution is -0.167. The highest BCUT2D eigenvalue weighted by Crippen LogP contribution is 2.38. The Balaban J connectivity index is 1.43. The fraction of sp³-hybridized carbons (Fsp3) is 0.647. The van der Waals surface area contributed by atoms with Crippen molar-refractivity contribution in [3.05, 3.63) is 24.4 Å². The summed E-state index contributed by atoms with van der Waals surface area (Å²) in [5.41, 5.74) is -0.125. The Bertz CT molecular complexity index is 529. The molecule has 1 atom stereocenters. The molecule has 0 aromatic carbocycles. The van der Waals surface area contributed by atoms with Crippen LogP contribution in [0.1, 0.15) is 19.3 Å².